The normalized spacial score (nSPS) is 11.9. The third-order valence-electron chi connectivity index (χ3n) is 4.92. The highest BCUT2D eigenvalue weighted by Crippen LogP contribution is 2.26. The van der Waals surface area contributed by atoms with Crippen LogP contribution in [0.5, 0.6) is 5.75 Å². The van der Waals surface area contributed by atoms with Crippen molar-refractivity contribution in [2.45, 2.75) is 23.9 Å². The van der Waals surface area contributed by atoms with Gasteiger partial charge in [-0.05, 0) is 61.0 Å². The number of amides is 1. The van der Waals surface area contributed by atoms with E-state index < -0.39 is 5.25 Å². The smallest absolute Gasteiger partial charge is 0.253 e. The molecule has 1 amide bonds. The van der Waals surface area contributed by atoms with Crippen LogP contribution in [-0.4, -0.2) is 37.2 Å². The fourth-order valence-electron chi connectivity index (χ4n) is 3.15. The Morgan fingerprint density at radius 1 is 1.11 bits per heavy atom. The van der Waals surface area contributed by atoms with Crippen LogP contribution in [0.1, 0.15) is 18.3 Å². The minimum Gasteiger partial charge on any atom is -0.508 e. The second-order valence-corrected chi connectivity index (χ2v) is 9.26. The molecule has 1 unspecified atom stereocenters. The molecular formula is C25H23ClN6O2S. The number of aromatic hydroxyl groups is 1. The van der Waals surface area contributed by atoms with Crippen molar-refractivity contribution >= 4 is 41.2 Å². The molecule has 4 aromatic rings. The van der Waals surface area contributed by atoms with Gasteiger partial charge in [-0.3, -0.25) is 9.36 Å². The first kappa shape index (κ1) is 24.3. The average molecular weight is 507 g/mol. The van der Waals surface area contributed by atoms with Crippen molar-refractivity contribution in [2.24, 2.45) is 5.10 Å². The third kappa shape index (κ3) is 6.62. The number of nitrogens with one attached hydrogen (secondary N) is 2. The number of hydrogen-bond acceptors (Lipinski definition) is 7. The summed E-state index contributed by atoms with van der Waals surface area (Å²) in [6, 6.07) is 23.7. The zero-order chi connectivity index (χ0) is 24.6. The van der Waals surface area contributed by atoms with Crippen LogP contribution < -0.4 is 10.7 Å². The van der Waals surface area contributed by atoms with Crippen molar-refractivity contribution in [3.63, 3.8) is 0 Å². The Kier molecular flexibility index (Phi) is 8.02. The molecule has 3 aromatic carbocycles. The lowest BCUT2D eigenvalue weighted by Crippen LogP contribution is -2.27. The van der Waals surface area contributed by atoms with Gasteiger partial charge in [-0.25, -0.2) is 5.43 Å². The van der Waals surface area contributed by atoms with Gasteiger partial charge in [0.2, 0.25) is 0 Å². The summed E-state index contributed by atoms with van der Waals surface area (Å²) in [4.78, 5) is 12.6. The Labute approximate surface area is 212 Å². The summed E-state index contributed by atoms with van der Waals surface area (Å²) < 4.78 is 1.92. The van der Waals surface area contributed by atoms with E-state index in [0.717, 1.165) is 11.4 Å². The van der Waals surface area contributed by atoms with Crippen molar-refractivity contribution in [2.75, 3.05) is 5.32 Å². The molecule has 8 nitrogen and oxygen atoms in total. The number of thioether (sulfide) groups is 1. The largest absolute Gasteiger partial charge is 0.508 e. The fraction of sp³-hybridized carbons (Fsp3) is 0.120. The van der Waals surface area contributed by atoms with Crippen molar-refractivity contribution in [1.29, 1.82) is 0 Å². The van der Waals surface area contributed by atoms with E-state index in [0.29, 0.717) is 28.1 Å². The van der Waals surface area contributed by atoms with Gasteiger partial charge >= 0.3 is 0 Å². The van der Waals surface area contributed by atoms with Crippen molar-refractivity contribution < 1.29 is 9.90 Å². The Hall–Kier alpha value is -3.82. The molecule has 178 valence electrons. The predicted octanol–water partition coefficient (Wildman–Crippen LogP) is 4.87. The zero-order valence-corrected chi connectivity index (χ0v) is 20.4. The van der Waals surface area contributed by atoms with E-state index >= 15 is 0 Å². The van der Waals surface area contributed by atoms with Gasteiger partial charge in [-0.1, -0.05) is 53.7 Å². The van der Waals surface area contributed by atoms with Crippen LogP contribution in [0.3, 0.4) is 0 Å². The lowest BCUT2D eigenvalue weighted by atomic mass is 10.2. The maximum atomic E-state index is 12.6. The van der Waals surface area contributed by atoms with Gasteiger partial charge in [0, 0.05) is 16.4 Å². The molecule has 4 rings (SSSR count). The highest BCUT2D eigenvalue weighted by molar-refractivity contribution is 8.00. The quantitative estimate of drug-likeness (QED) is 0.170. The van der Waals surface area contributed by atoms with Crippen molar-refractivity contribution in [3.05, 3.63) is 95.3 Å². The molecular weight excluding hydrogens is 484 g/mol. The molecule has 1 heterocycles. The molecule has 35 heavy (non-hydrogen) atoms. The van der Waals surface area contributed by atoms with Crippen LogP contribution in [0.4, 0.5) is 5.69 Å². The number of aromatic nitrogens is 3. The van der Waals surface area contributed by atoms with Gasteiger partial charge < -0.3 is 10.4 Å². The molecule has 1 atom stereocenters. The number of rotatable bonds is 9. The number of phenols is 1. The summed E-state index contributed by atoms with van der Waals surface area (Å²) in [5.41, 5.74) is 5.01. The van der Waals surface area contributed by atoms with Gasteiger partial charge in [0.1, 0.15) is 5.75 Å². The molecule has 0 saturated carbocycles. The SMILES string of the molecule is CC(Sc1nnc(CNc2ccc(Cl)cc2)n1-c1ccccc1)C(=O)N/N=C/c1cccc(O)c1. The zero-order valence-electron chi connectivity index (χ0n) is 18.8. The van der Waals surface area contributed by atoms with Gasteiger partial charge in [0.15, 0.2) is 11.0 Å². The highest BCUT2D eigenvalue weighted by Gasteiger charge is 2.21. The van der Waals surface area contributed by atoms with Crippen LogP contribution in [-0.2, 0) is 11.3 Å². The van der Waals surface area contributed by atoms with E-state index in [-0.39, 0.29) is 11.7 Å². The monoisotopic (exact) mass is 506 g/mol. The third-order valence-corrected chi connectivity index (χ3v) is 6.21. The lowest BCUT2D eigenvalue weighted by Gasteiger charge is -2.13. The van der Waals surface area contributed by atoms with Crippen molar-refractivity contribution in [1.82, 2.24) is 20.2 Å². The number of phenolic OH excluding ortho intramolecular Hbond substituents is 1. The number of para-hydroxylation sites is 1. The van der Waals surface area contributed by atoms with Crippen LogP contribution >= 0.6 is 23.4 Å². The first-order chi connectivity index (χ1) is 17.0. The lowest BCUT2D eigenvalue weighted by molar-refractivity contribution is -0.120. The molecule has 3 N–H and O–H groups in total. The van der Waals surface area contributed by atoms with Gasteiger partial charge in [0.25, 0.3) is 5.91 Å². The first-order valence-electron chi connectivity index (χ1n) is 10.8. The molecule has 10 heteroatoms. The molecule has 0 aliphatic carbocycles. The number of hydrazone groups is 1. The fourth-order valence-corrected chi connectivity index (χ4v) is 4.16. The van der Waals surface area contributed by atoms with Crippen LogP contribution in [0.2, 0.25) is 5.02 Å². The number of halogens is 1. The molecule has 0 spiro atoms. The topological polar surface area (TPSA) is 104 Å². The summed E-state index contributed by atoms with van der Waals surface area (Å²) in [6.07, 6.45) is 1.47. The molecule has 0 bridgehead atoms. The number of hydrogen-bond donors (Lipinski definition) is 3. The second kappa shape index (κ2) is 11.5. The maximum absolute atomic E-state index is 12.6. The summed E-state index contributed by atoms with van der Waals surface area (Å²) in [5, 5.41) is 26.3. The van der Waals surface area contributed by atoms with E-state index in [2.05, 4.69) is 26.0 Å². The highest BCUT2D eigenvalue weighted by atomic mass is 35.5. The predicted molar refractivity (Wildman–Crippen MR) is 139 cm³/mol. The maximum Gasteiger partial charge on any atom is 0.253 e. The number of carbonyl (C=O) groups excluding carboxylic acids is 1. The Balaban J connectivity index is 1.47. The molecule has 0 aliphatic rings. The van der Waals surface area contributed by atoms with Crippen LogP contribution in [0.25, 0.3) is 5.69 Å². The average Bonchev–Trinajstić information content (AvgIpc) is 3.26. The second-order valence-electron chi connectivity index (χ2n) is 7.52. The molecule has 1 aromatic heterocycles. The number of anilines is 1. The van der Waals surface area contributed by atoms with E-state index in [4.69, 9.17) is 11.6 Å². The number of benzene rings is 3. The molecule has 0 radical (unpaired) electrons. The van der Waals surface area contributed by atoms with E-state index in [9.17, 15) is 9.90 Å². The number of carbonyl (C=O) groups is 1. The van der Waals surface area contributed by atoms with Crippen LogP contribution in [0.15, 0.2) is 89.1 Å². The van der Waals surface area contributed by atoms with Gasteiger partial charge in [-0.15, -0.1) is 10.2 Å². The molecule has 0 aliphatic heterocycles. The summed E-state index contributed by atoms with van der Waals surface area (Å²) >= 11 is 7.26. The van der Waals surface area contributed by atoms with E-state index in [1.165, 1.54) is 18.0 Å². The Bertz CT molecular complexity index is 1310. The van der Waals surface area contributed by atoms with Crippen LogP contribution in [0, 0.1) is 0 Å². The Morgan fingerprint density at radius 2 is 1.89 bits per heavy atom. The standard InChI is InChI=1S/C25H23ClN6O2S/c1-17(24(34)30-28-15-18-6-5-9-22(33)14-18)35-25-31-29-23(32(25)21-7-3-2-4-8-21)16-27-20-12-10-19(26)11-13-20/h2-15,17,27,33H,16H2,1H3,(H,30,34)/b28-15+. The van der Waals surface area contributed by atoms with E-state index in [1.54, 1.807) is 31.2 Å². The minimum absolute atomic E-state index is 0.130. The first-order valence-corrected chi connectivity index (χ1v) is 12.0. The molecule has 0 fully saturated rings. The van der Waals surface area contributed by atoms with Crippen molar-refractivity contribution in [3.8, 4) is 11.4 Å². The van der Waals surface area contributed by atoms with E-state index in [1.807, 2.05) is 59.2 Å². The Morgan fingerprint density at radius 3 is 2.63 bits per heavy atom. The van der Waals surface area contributed by atoms with Gasteiger partial charge in [0.05, 0.1) is 18.0 Å². The summed E-state index contributed by atoms with van der Waals surface area (Å²) in [7, 11) is 0. The minimum atomic E-state index is -0.486. The van der Waals surface area contributed by atoms with Gasteiger partial charge in [-0.2, -0.15) is 5.10 Å². The summed E-state index contributed by atoms with van der Waals surface area (Å²) in [6.45, 7) is 2.21. The summed E-state index contributed by atoms with van der Waals surface area (Å²) in [5.74, 6) is 0.545. The molecule has 0 saturated heterocycles. The number of nitrogens with zero attached hydrogens (tertiary/aromatic N) is 4.